The van der Waals surface area contributed by atoms with Gasteiger partial charge in [-0.15, -0.1) is 0 Å². The minimum absolute atomic E-state index is 0.126. The zero-order chi connectivity index (χ0) is 12.5. The maximum Gasteiger partial charge on any atom is 0.271 e. The van der Waals surface area contributed by atoms with Crippen molar-refractivity contribution in [1.82, 2.24) is 0 Å². The first-order valence-electron chi connectivity index (χ1n) is 5.86. The van der Waals surface area contributed by atoms with Crippen molar-refractivity contribution < 1.29 is 4.92 Å². The summed E-state index contributed by atoms with van der Waals surface area (Å²) in [4.78, 5) is 10.4. The third-order valence-electron chi connectivity index (χ3n) is 3.25. The molecule has 2 aromatic carbocycles. The lowest BCUT2D eigenvalue weighted by atomic mass is 10.0. The Morgan fingerprint density at radius 2 is 1.72 bits per heavy atom. The summed E-state index contributed by atoms with van der Waals surface area (Å²) in [5.41, 5.74) is 4.37. The average molecular weight is 240 g/mol. The molecule has 3 rings (SSSR count). The summed E-state index contributed by atoms with van der Waals surface area (Å²) >= 11 is 0. The van der Waals surface area contributed by atoms with Gasteiger partial charge in [0.25, 0.3) is 5.69 Å². The second-order valence-electron chi connectivity index (χ2n) is 4.38. The molecule has 18 heavy (non-hydrogen) atoms. The number of nitro groups is 1. The summed E-state index contributed by atoms with van der Waals surface area (Å²) in [7, 11) is 0. The number of aryl methyl sites for hydroxylation is 2. The Morgan fingerprint density at radius 1 is 1.00 bits per heavy atom. The van der Waals surface area contributed by atoms with E-state index in [4.69, 9.17) is 0 Å². The van der Waals surface area contributed by atoms with Gasteiger partial charge in [0, 0.05) is 23.5 Å². The van der Waals surface area contributed by atoms with Gasteiger partial charge in [-0.3, -0.25) is 10.1 Å². The summed E-state index contributed by atoms with van der Waals surface area (Å²) in [6.07, 6.45) is 1.85. The number of anilines is 2. The summed E-state index contributed by atoms with van der Waals surface area (Å²) in [6.45, 7) is 0. The van der Waals surface area contributed by atoms with Gasteiger partial charge in [0.2, 0.25) is 0 Å². The molecule has 0 saturated carbocycles. The van der Waals surface area contributed by atoms with E-state index in [0.29, 0.717) is 0 Å². The van der Waals surface area contributed by atoms with E-state index in [1.54, 1.807) is 12.1 Å². The summed E-state index contributed by atoms with van der Waals surface area (Å²) in [5.74, 6) is 0. The third kappa shape index (κ3) is 1.82. The number of non-ortho nitro benzene ring substituents is 1. The predicted molar refractivity (Wildman–Crippen MR) is 70.2 cm³/mol. The van der Waals surface area contributed by atoms with Crippen molar-refractivity contribution in [1.29, 1.82) is 0 Å². The van der Waals surface area contributed by atoms with Crippen LogP contribution in [0.4, 0.5) is 17.1 Å². The van der Waals surface area contributed by atoms with E-state index in [-0.39, 0.29) is 10.6 Å². The Kier molecular flexibility index (Phi) is 2.48. The molecule has 0 amide bonds. The molecule has 0 bridgehead atoms. The molecule has 1 N–H and O–H groups in total. The first-order chi connectivity index (χ1) is 8.74. The second kappa shape index (κ2) is 4.14. The lowest BCUT2D eigenvalue weighted by Gasteiger charge is -2.08. The second-order valence-corrected chi connectivity index (χ2v) is 4.38. The molecule has 1 aliphatic heterocycles. The fourth-order valence-corrected chi connectivity index (χ4v) is 2.29. The van der Waals surface area contributed by atoms with Crippen LogP contribution in [0.5, 0.6) is 0 Å². The Morgan fingerprint density at radius 3 is 2.50 bits per heavy atom. The fraction of sp³-hybridized carbons (Fsp3) is 0.143. The normalized spacial score (nSPS) is 12.9. The van der Waals surface area contributed by atoms with Crippen LogP contribution in [-0.2, 0) is 12.8 Å². The molecular formula is C14H12N2O2. The highest BCUT2D eigenvalue weighted by atomic mass is 16.6. The number of nitrogens with zero attached hydrogens (tertiary/aromatic N) is 1. The highest BCUT2D eigenvalue weighted by Gasteiger charge is 2.15. The maximum atomic E-state index is 10.8. The summed E-state index contributed by atoms with van der Waals surface area (Å²) in [5, 5.41) is 14.1. The topological polar surface area (TPSA) is 55.2 Å². The quantitative estimate of drug-likeness (QED) is 0.613. The first-order valence-corrected chi connectivity index (χ1v) is 5.86. The van der Waals surface area contributed by atoms with Gasteiger partial charge in [-0.1, -0.05) is 24.3 Å². The lowest BCUT2D eigenvalue weighted by molar-refractivity contribution is -0.384. The largest absolute Gasteiger partial charge is 0.355 e. The molecule has 4 nitrogen and oxygen atoms in total. The molecule has 1 aliphatic rings. The Bertz CT molecular complexity index is 623. The number of fused-ring (bicyclic) bond motifs is 2. The molecule has 1 heterocycles. The van der Waals surface area contributed by atoms with Crippen LogP contribution in [0.2, 0.25) is 0 Å². The van der Waals surface area contributed by atoms with Crippen molar-refractivity contribution in [3.8, 4) is 0 Å². The SMILES string of the molecule is O=[N+]([O-])c1ccc2c(c1)Nc1ccccc1CC2. The highest BCUT2D eigenvalue weighted by Crippen LogP contribution is 2.32. The molecule has 0 spiro atoms. The van der Waals surface area contributed by atoms with Crippen molar-refractivity contribution >= 4 is 17.1 Å². The van der Waals surface area contributed by atoms with Crippen LogP contribution in [0.1, 0.15) is 11.1 Å². The molecule has 0 unspecified atom stereocenters. The van der Waals surface area contributed by atoms with Gasteiger partial charge in [-0.25, -0.2) is 0 Å². The molecule has 2 aromatic rings. The average Bonchev–Trinajstić information content (AvgIpc) is 2.56. The van der Waals surface area contributed by atoms with Crippen molar-refractivity contribution in [3.63, 3.8) is 0 Å². The molecule has 0 fully saturated rings. The van der Waals surface area contributed by atoms with E-state index in [2.05, 4.69) is 11.4 Å². The maximum absolute atomic E-state index is 10.8. The van der Waals surface area contributed by atoms with E-state index < -0.39 is 0 Å². The number of nitro benzene ring substituents is 1. The van der Waals surface area contributed by atoms with Gasteiger partial charge in [0.15, 0.2) is 0 Å². The number of benzene rings is 2. The van der Waals surface area contributed by atoms with Gasteiger partial charge in [0.1, 0.15) is 0 Å². The standard InChI is InChI=1S/C14H12N2O2/c17-16(18)12-8-7-11-6-5-10-3-1-2-4-13(10)15-14(11)9-12/h1-4,7-9,15H,5-6H2. The van der Waals surface area contributed by atoms with Crippen LogP contribution in [0.3, 0.4) is 0 Å². The van der Waals surface area contributed by atoms with E-state index >= 15 is 0 Å². The zero-order valence-corrected chi connectivity index (χ0v) is 9.72. The predicted octanol–water partition coefficient (Wildman–Crippen LogP) is 3.44. The number of rotatable bonds is 1. The fourth-order valence-electron chi connectivity index (χ4n) is 2.29. The third-order valence-corrected chi connectivity index (χ3v) is 3.25. The van der Waals surface area contributed by atoms with Crippen LogP contribution in [0.25, 0.3) is 0 Å². The van der Waals surface area contributed by atoms with Gasteiger partial charge in [-0.2, -0.15) is 0 Å². The molecule has 0 aliphatic carbocycles. The lowest BCUT2D eigenvalue weighted by Crippen LogP contribution is -1.95. The number of hydrogen-bond acceptors (Lipinski definition) is 3. The molecule has 0 radical (unpaired) electrons. The van der Waals surface area contributed by atoms with E-state index in [0.717, 1.165) is 29.8 Å². The monoisotopic (exact) mass is 240 g/mol. The smallest absolute Gasteiger partial charge is 0.271 e. The molecule has 0 saturated heterocycles. The van der Waals surface area contributed by atoms with E-state index in [1.165, 1.54) is 5.56 Å². The van der Waals surface area contributed by atoms with Gasteiger partial charge in [0.05, 0.1) is 4.92 Å². The van der Waals surface area contributed by atoms with Crippen LogP contribution in [0, 0.1) is 10.1 Å². The Labute approximate surface area is 104 Å². The van der Waals surface area contributed by atoms with E-state index in [1.807, 2.05) is 24.3 Å². The Balaban J connectivity index is 2.07. The van der Waals surface area contributed by atoms with Crippen LogP contribution in [-0.4, -0.2) is 4.92 Å². The summed E-state index contributed by atoms with van der Waals surface area (Å²) < 4.78 is 0. The minimum Gasteiger partial charge on any atom is -0.355 e. The molecular weight excluding hydrogens is 228 g/mol. The van der Waals surface area contributed by atoms with Crippen LogP contribution >= 0.6 is 0 Å². The molecule has 0 aromatic heterocycles. The van der Waals surface area contributed by atoms with Gasteiger partial charge >= 0.3 is 0 Å². The van der Waals surface area contributed by atoms with Gasteiger partial charge in [-0.05, 0) is 30.0 Å². The van der Waals surface area contributed by atoms with Crippen LogP contribution < -0.4 is 5.32 Å². The van der Waals surface area contributed by atoms with Crippen molar-refractivity contribution in [3.05, 3.63) is 63.7 Å². The number of hydrogen-bond donors (Lipinski definition) is 1. The van der Waals surface area contributed by atoms with E-state index in [9.17, 15) is 10.1 Å². The zero-order valence-electron chi connectivity index (χ0n) is 9.72. The van der Waals surface area contributed by atoms with Gasteiger partial charge < -0.3 is 5.32 Å². The molecule has 90 valence electrons. The molecule has 4 heteroatoms. The van der Waals surface area contributed by atoms with Crippen molar-refractivity contribution in [2.45, 2.75) is 12.8 Å². The first kappa shape index (κ1) is 10.8. The minimum atomic E-state index is -0.362. The molecule has 0 atom stereocenters. The highest BCUT2D eigenvalue weighted by molar-refractivity contribution is 5.70. The van der Waals surface area contributed by atoms with Crippen molar-refractivity contribution in [2.75, 3.05) is 5.32 Å². The van der Waals surface area contributed by atoms with Crippen molar-refractivity contribution in [2.24, 2.45) is 0 Å². The Hall–Kier alpha value is -2.36. The van der Waals surface area contributed by atoms with Crippen LogP contribution in [0.15, 0.2) is 42.5 Å². The number of para-hydroxylation sites is 1. The number of nitrogens with one attached hydrogen (secondary N) is 1. The summed E-state index contributed by atoms with van der Waals surface area (Å²) in [6, 6.07) is 13.1.